The third-order valence-corrected chi connectivity index (χ3v) is 2.37. The van der Waals surface area contributed by atoms with Gasteiger partial charge in [0.05, 0.1) is 11.9 Å². The molecule has 0 aliphatic carbocycles. The number of carboxylic acid groups (broad SMARTS) is 2. The van der Waals surface area contributed by atoms with Gasteiger partial charge in [-0.2, -0.15) is 0 Å². The predicted molar refractivity (Wildman–Crippen MR) is 57.6 cm³/mol. The first kappa shape index (κ1) is 23.6. The number of aliphatic carboxylic acids is 2. The Kier molecular flexibility index (Phi) is 13.0. The Morgan fingerprint density at radius 3 is 2.20 bits per heavy atom. The molecule has 0 radical (unpaired) electrons. The Morgan fingerprint density at radius 2 is 1.80 bits per heavy atom. The quantitative estimate of drug-likeness (QED) is 0.316. The minimum atomic E-state index is -2.66. The van der Waals surface area contributed by atoms with Gasteiger partial charge in [0.1, 0.15) is 0 Å². The summed E-state index contributed by atoms with van der Waals surface area (Å²) in [6.07, 6.45) is 0. The number of nitrogens with one attached hydrogen (secondary N) is 1. The Labute approximate surface area is 202 Å². The van der Waals surface area contributed by atoms with Gasteiger partial charge >= 0.3 is 103 Å². The van der Waals surface area contributed by atoms with Crippen LogP contribution in [0.4, 0.5) is 0 Å². The van der Waals surface area contributed by atoms with E-state index in [0.29, 0.717) is 5.56 Å². The zero-order valence-electron chi connectivity index (χ0n) is 12.1. The van der Waals surface area contributed by atoms with Gasteiger partial charge in [-0.15, -0.1) is 0 Å². The maximum Gasteiger partial charge on any atom is 1.00 e. The average Bonchev–Trinajstić information content (AvgIpc) is 2.29. The Hall–Kier alpha value is 1.35. The fourth-order valence-electron chi connectivity index (χ4n) is 1.51. The molecule has 0 bridgehead atoms. The summed E-state index contributed by atoms with van der Waals surface area (Å²) < 4.78 is 0. The molecule has 0 unspecified atom stereocenters. The topological polar surface area (TPSA) is 102 Å². The average molecular weight is 329 g/mol. The fraction of sp³-hybridized carbons (Fsp3) is 0.333. The van der Waals surface area contributed by atoms with Gasteiger partial charge in [-0.3, -0.25) is 4.84 Å². The van der Waals surface area contributed by atoms with Crippen LogP contribution in [0.3, 0.4) is 0 Å². The Bertz CT molecular complexity index is 453. The molecule has 0 saturated carbocycles. The summed E-state index contributed by atoms with van der Waals surface area (Å²) in [5.74, 6) is -3.79. The molecule has 8 heteroatoms. The number of benzene rings is 1. The molecule has 0 heterocycles. The van der Waals surface area contributed by atoms with Gasteiger partial charge in [-0.1, -0.05) is 36.8 Å². The molecule has 0 aliphatic rings. The first-order valence-corrected chi connectivity index (χ1v) is 5.36. The minimum Gasteiger partial charge on any atom is -0.546 e. The van der Waals surface area contributed by atoms with Gasteiger partial charge in [-0.25, -0.2) is 5.48 Å². The minimum absolute atomic E-state index is 0. The zero-order valence-corrected chi connectivity index (χ0v) is 18.3. The van der Waals surface area contributed by atoms with Crippen LogP contribution in [0, 0.1) is 6.92 Å². The third-order valence-electron chi connectivity index (χ3n) is 2.37. The molecule has 0 spiro atoms. The first-order chi connectivity index (χ1) is 8.45. The van der Waals surface area contributed by atoms with Crippen LogP contribution in [0.2, 0.25) is 0 Å². The predicted octanol–water partition coefficient (Wildman–Crippen LogP) is -7.76. The maximum absolute atomic E-state index is 11.2. The van der Waals surface area contributed by atoms with E-state index in [1.165, 1.54) is 18.2 Å². The van der Waals surface area contributed by atoms with Crippen LogP contribution >= 0.6 is 0 Å². The van der Waals surface area contributed by atoms with E-state index in [1.54, 1.807) is 19.9 Å². The molecule has 0 amide bonds. The second-order valence-corrected chi connectivity index (χ2v) is 3.73. The Balaban J connectivity index is 0. The molecule has 1 N–H and O–H groups in total. The van der Waals surface area contributed by atoms with Gasteiger partial charge in [0.25, 0.3) is 0 Å². The normalized spacial score (nSPS) is 10.1. The van der Waals surface area contributed by atoms with Crippen molar-refractivity contribution in [1.29, 1.82) is 0 Å². The molecule has 98 valence electrons. The van der Waals surface area contributed by atoms with E-state index >= 15 is 0 Å². The molecule has 0 saturated heterocycles. The summed E-state index contributed by atoms with van der Waals surface area (Å²) >= 11 is 0. The summed E-state index contributed by atoms with van der Waals surface area (Å²) in [5, 5.41) is 22.4. The van der Waals surface area contributed by atoms with Crippen LogP contribution in [0.1, 0.15) is 18.1 Å². The second-order valence-electron chi connectivity index (χ2n) is 3.73. The number of aryl methyl sites for hydroxylation is 1. The SMILES string of the molecule is CCNOC(C(=O)[O-])(C(=O)[O-])c1cccc(C)c1.[K+].[K+]. The number of hydroxylamine groups is 1. The summed E-state index contributed by atoms with van der Waals surface area (Å²) in [7, 11) is 0. The van der Waals surface area contributed by atoms with Crippen LogP contribution in [-0.4, -0.2) is 18.5 Å². The van der Waals surface area contributed by atoms with Crippen molar-refractivity contribution in [3.63, 3.8) is 0 Å². The van der Waals surface area contributed by atoms with Crippen molar-refractivity contribution in [2.24, 2.45) is 0 Å². The van der Waals surface area contributed by atoms with Crippen LogP contribution in [0.5, 0.6) is 0 Å². The number of hydrogen-bond acceptors (Lipinski definition) is 6. The van der Waals surface area contributed by atoms with Crippen LogP contribution in [0.25, 0.3) is 0 Å². The molecule has 1 aromatic carbocycles. The molecule has 6 nitrogen and oxygen atoms in total. The Morgan fingerprint density at radius 1 is 1.25 bits per heavy atom. The van der Waals surface area contributed by atoms with Gasteiger partial charge < -0.3 is 19.8 Å². The summed E-state index contributed by atoms with van der Waals surface area (Å²) in [5.41, 5.74) is 0.191. The van der Waals surface area contributed by atoms with Crippen molar-refractivity contribution in [1.82, 2.24) is 5.48 Å². The van der Waals surface area contributed by atoms with Crippen LogP contribution < -0.4 is 118 Å². The van der Waals surface area contributed by atoms with Gasteiger partial charge in [0, 0.05) is 6.54 Å². The van der Waals surface area contributed by atoms with Crippen LogP contribution in [0.15, 0.2) is 24.3 Å². The molecule has 0 aromatic heterocycles. The van der Waals surface area contributed by atoms with E-state index in [4.69, 9.17) is 4.84 Å². The van der Waals surface area contributed by atoms with Crippen molar-refractivity contribution in [2.45, 2.75) is 19.4 Å². The summed E-state index contributed by atoms with van der Waals surface area (Å²) in [6.45, 7) is 3.56. The summed E-state index contributed by atoms with van der Waals surface area (Å²) in [6, 6.07) is 5.95. The van der Waals surface area contributed by atoms with E-state index in [1.807, 2.05) is 0 Å². The molecule has 0 fully saturated rings. The van der Waals surface area contributed by atoms with E-state index in [2.05, 4.69) is 5.48 Å². The maximum atomic E-state index is 11.2. The molecule has 1 aromatic rings. The smallest absolute Gasteiger partial charge is 0.546 e. The van der Waals surface area contributed by atoms with Crippen molar-refractivity contribution < 1.29 is 127 Å². The summed E-state index contributed by atoms with van der Waals surface area (Å²) in [4.78, 5) is 27.1. The van der Waals surface area contributed by atoms with Crippen molar-refractivity contribution in [3.8, 4) is 0 Å². The van der Waals surface area contributed by atoms with E-state index in [0.717, 1.165) is 0 Å². The third kappa shape index (κ3) is 5.52. The zero-order chi connectivity index (χ0) is 13.8. The van der Waals surface area contributed by atoms with E-state index in [9.17, 15) is 19.8 Å². The number of rotatable bonds is 6. The van der Waals surface area contributed by atoms with E-state index < -0.39 is 17.5 Å². The molecule has 0 atom stereocenters. The van der Waals surface area contributed by atoms with Gasteiger partial charge in [0.2, 0.25) is 0 Å². The largest absolute Gasteiger partial charge is 1.00 e. The number of carbonyl (C=O) groups excluding carboxylic acids is 2. The van der Waals surface area contributed by atoms with Gasteiger partial charge in [0.15, 0.2) is 5.60 Å². The molecule has 20 heavy (non-hydrogen) atoms. The number of carboxylic acids is 2. The molecule has 0 aliphatic heterocycles. The van der Waals surface area contributed by atoms with Crippen LogP contribution in [-0.2, 0) is 20.0 Å². The monoisotopic (exact) mass is 329 g/mol. The first-order valence-electron chi connectivity index (χ1n) is 5.36. The van der Waals surface area contributed by atoms with Crippen molar-refractivity contribution in [3.05, 3.63) is 35.4 Å². The second kappa shape index (κ2) is 11.0. The molecular formula is C12H13K2NO5. The standard InChI is InChI=1S/C12H15NO5.2K/c1-3-13-18-12(10(14)15,11(16)17)9-6-4-5-8(2)7-9;;/h4-7,13H,3H2,1-2H3,(H,14,15)(H,16,17);;/q;2*+1/p-2. The van der Waals surface area contributed by atoms with Crippen molar-refractivity contribution in [2.75, 3.05) is 6.54 Å². The number of hydrogen-bond donors (Lipinski definition) is 1. The number of carbonyl (C=O) groups is 2. The fourth-order valence-corrected chi connectivity index (χ4v) is 1.51. The van der Waals surface area contributed by atoms with Crippen molar-refractivity contribution >= 4 is 11.9 Å². The van der Waals surface area contributed by atoms with E-state index in [-0.39, 0.29) is 115 Å². The molecule has 1 rings (SSSR count). The molecular weight excluding hydrogens is 316 g/mol. The van der Waals surface area contributed by atoms with Gasteiger partial charge in [-0.05, 0) is 12.5 Å².